The number of carboxylic acid groups (broad SMARTS) is 1. The van der Waals surface area contributed by atoms with Crippen molar-refractivity contribution in [2.45, 2.75) is 59.0 Å². The van der Waals surface area contributed by atoms with Crippen molar-refractivity contribution in [2.24, 2.45) is 0 Å². The molecule has 1 aromatic carbocycles. The molecule has 0 aromatic heterocycles. The SMILES string of the molecule is CCCCOC(=O)N(CCOc1ccc(CC(OCC)C(=O)O)cc1)CCSCCCC. The Balaban J connectivity index is 2.52. The summed E-state index contributed by atoms with van der Waals surface area (Å²) in [5, 5.41) is 9.21. The van der Waals surface area contributed by atoms with E-state index in [9.17, 15) is 14.7 Å². The van der Waals surface area contributed by atoms with Crippen molar-refractivity contribution < 1.29 is 28.9 Å². The number of benzene rings is 1. The molecule has 1 unspecified atom stereocenters. The van der Waals surface area contributed by atoms with Crippen molar-refractivity contribution in [2.75, 3.05) is 44.4 Å². The van der Waals surface area contributed by atoms with Gasteiger partial charge in [-0.15, -0.1) is 0 Å². The molecule has 1 aromatic rings. The van der Waals surface area contributed by atoms with Crippen LogP contribution in [-0.4, -0.2) is 72.6 Å². The predicted octanol–water partition coefficient (Wildman–Crippen LogP) is 4.87. The highest BCUT2D eigenvalue weighted by Crippen LogP contribution is 2.15. The molecule has 0 fully saturated rings. The average Bonchev–Trinajstić information content (AvgIpc) is 2.78. The number of ether oxygens (including phenoxy) is 3. The highest BCUT2D eigenvalue weighted by atomic mass is 32.2. The molecular formula is C24H39NO6S. The summed E-state index contributed by atoms with van der Waals surface area (Å²) in [5.41, 5.74) is 0.864. The number of nitrogens with zero attached hydrogens (tertiary/aromatic N) is 1. The lowest BCUT2D eigenvalue weighted by molar-refractivity contribution is -0.149. The van der Waals surface area contributed by atoms with Crippen LogP contribution in [0.1, 0.15) is 52.0 Å². The van der Waals surface area contributed by atoms with Crippen LogP contribution in [0.3, 0.4) is 0 Å². The van der Waals surface area contributed by atoms with E-state index in [1.54, 1.807) is 11.8 Å². The van der Waals surface area contributed by atoms with Crippen molar-refractivity contribution in [3.63, 3.8) is 0 Å². The third kappa shape index (κ3) is 12.2. The average molecular weight is 470 g/mol. The fraction of sp³-hybridized carbons (Fsp3) is 0.667. The Morgan fingerprint density at radius 3 is 2.34 bits per heavy atom. The summed E-state index contributed by atoms with van der Waals surface area (Å²) in [6.07, 6.45) is 3.36. The maximum atomic E-state index is 12.4. The molecule has 0 saturated heterocycles. The summed E-state index contributed by atoms with van der Waals surface area (Å²) < 4.78 is 16.4. The van der Waals surface area contributed by atoms with E-state index >= 15 is 0 Å². The second kappa shape index (κ2) is 17.6. The second-order valence-corrected chi connectivity index (χ2v) is 8.62. The molecular weight excluding hydrogens is 430 g/mol. The Bertz CT molecular complexity index is 640. The Hall–Kier alpha value is -1.93. The molecule has 1 rings (SSSR count). The van der Waals surface area contributed by atoms with Gasteiger partial charge in [-0.05, 0) is 43.2 Å². The summed E-state index contributed by atoms with van der Waals surface area (Å²) in [4.78, 5) is 25.4. The Morgan fingerprint density at radius 2 is 1.72 bits per heavy atom. The van der Waals surface area contributed by atoms with Crippen molar-refractivity contribution in [1.29, 1.82) is 0 Å². The number of carbonyl (C=O) groups excluding carboxylic acids is 1. The van der Waals surface area contributed by atoms with Crippen molar-refractivity contribution in [1.82, 2.24) is 4.90 Å². The maximum absolute atomic E-state index is 12.4. The molecule has 0 heterocycles. The van der Waals surface area contributed by atoms with Crippen molar-refractivity contribution in [3.05, 3.63) is 29.8 Å². The first kappa shape index (κ1) is 28.1. The fourth-order valence-corrected chi connectivity index (χ4v) is 3.89. The minimum atomic E-state index is -0.967. The van der Waals surface area contributed by atoms with E-state index in [1.165, 1.54) is 12.8 Å². The lowest BCUT2D eigenvalue weighted by atomic mass is 10.1. The van der Waals surface area contributed by atoms with Gasteiger partial charge in [0.05, 0.1) is 13.2 Å². The minimum absolute atomic E-state index is 0.288. The molecule has 0 aliphatic rings. The molecule has 1 atom stereocenters. The van der Waals surface area contributed by atoms with Gasteiger partial charge in [-0.2, -0.15) is 11.8 Å². The molecule has 32 heavy (non-hydrogen) atoms. The molecule has 0 spiro atoms. The molecule has 7 nitrogen and oxygen atoms in total. The van der Waals surface area contributed by atoms with Gasteiger partial charge in [-0.25, -0.2) is 9.59 Å². The van der Waals surface area contributed by atoms with E-state index < -0.39 is 12.1 Å². The molecule has 8 heteroatoms. The number of unbranched alkanes of at least 4 members (excludes halogenated alkanes) is 2. The van der Waals surface area contributed by atoms with Gasteiger partial charge >= 0.3 is 12.1 Å². The number of rotatable bonds is 18. The van der Waals surface area contributed by atoms with Crippen LogP contribution in [0.4, 0.5) is 4.79 Å². The van der Waals surface area contributed by atoms with Crippen LogP contribution in [0.2, 0.25) is 0 Å². The van der Waals surface area contributed by atoms with E-state index in [2.05, 4.69) is 13.8 Å². The molecule has 1 amide bonds. The topological polar surface area (TPSA) is 85.3 Å². The van der Waals surface area contributed by atoms with E-state index in [-0.39, 0.29) is 6.09 Å². The van der Waals surface area contributed by atoms with Crippen LogP contribution in [0.15, 0.2) is 24.3 Å². The molecule has 0 saturated carbocycles. The van der Waals surface area contributed by atoms with E-state index in [0.717, 1.165) is 29.9 Å². The summed E-state index contributed by atoms with van der Waals surface area (Å²) in [7, 11) is 0. The van der Waals surface area contributed by atoms with Crippen molar-refractivity contribution >= 4 is 23.8 Å². The minimum Gasteiger partial charge on any atom is -0.492 e. The molecule has 0 bridgehead atoms. The normalized spacial score (nSPS) is 11.7. The first-order valence-electron chi connectivity index (χ1n) is 11.6. The maximum Gasteiger partial charge on any atom is 0.409 e. The lowest BCUT2D eigenvalue weighted by Crippen LogP contribution is -2.37. The zero-order valence-corrected chi connectivity index (χ0v) is 20.5. The van der Waals surface area contributed by atoms with Gasteiger partial charge in [-0.3, -0.25) is 0 Å². The number of hydrogen-bond donors (Lipinski definition) is 1. The highest BCUT2D eigenvalue weighted by molar-refractivity contribution is 7.99. The number of hydrogen-bond acceptors (Lipinski definition) is 6. The number of carboxylic acids is 1. The quantitative estimate of drug-likeness (QED) is 0.307. The molecule has 1 N–H and O–H groups in total. The van der Waals surface area contributed by atoms with Gasteiger partial charge in [-0.1, -0.05) is 38.8 Å². The molecule has 0 aliphatic carbocycles. The van der Waals surface area contributed by atoms with E-state index in [1.807, 2.05) is 36.0 Å². The Morgan fingerprint density at radius 1 is 1.00 bits per heavy atom. The zero-order valence-electron chi connectivity index (χ0n) is 19.7. The number of thioether (sulfide) groups is 1. The number of carbonyl (C=O) groups is 2. The Labute approximate surface area is 196 Å². The van der Waals surface area contributed by atoms with Gasteiger partial charge in [0.2, 0.25) is 0 Å². The van der Waals surface area contributed by atoms with Crippen LogP contribution in [0, 0.1) is 0 Å². The summed E-state index contributed by atoms with van der Waals surface area (Å²) in [6, 6.07) is 7.30. The Kier molecular flexibility index (Phi) is 15.5. The van der Waals surface area contributed by atoms with Crippen LogP contribution in [0.25, 0.3) is 0 Å². The van der Waals surface area contributed by atoms with Crippen LogP contribution < -0.4 is 4.74 Å². The highest BCUT2D eigenvalue weighted by Gasteiger charge is 2.18. The van der Waals surface area contributed by atoms with Gasteiger partial charge < -0.3 is 24.2 Å². The molecule has 0 radical (unpaired) electrons. The summed E-state index contributed by atoms with van der Waals surface area (Å²) >= 11 is 1.85. The molecule has 182 valence electrons. The van der Waals surface area contributed by atoms with Gasteiger partial charge in [0.25, 0.3) is 0 Å². The smallest absolute Gasteiger partial charge is 0.409 e. The first-order valence-corrected chi connectivity index (χ1v) is 12.7. The molecule has 0 aliphatic heterocycles. The third-order valence-electron chi connectivity index (χ3n) is 4.75. The van der Waals surface area contributed by atoms with E-state index in [4.69, 9.17) is 14.2 Å². The number of amides is 1. The van der Waals surface area contributed by atoms with Gasteiger partial charge in [0.1, 0.15) is 12.4 Å². The zero-order chi connectivity index (χ0) is 23.6. The van der Waals surface area contributed by atoms with Gasteiger partial charge in [0, 0.05) is 25.3 Å². The third-order valence-corrected chi connectivity index (χ3v) is 5.80. The van der Waals surface area contributed by atoms with E-state index in [0.29, 0.717) is 45.1 Å². The second-order valence-electron chi connectivity index (χ2n) is 7.40. The summed E-state index contributed by atoms with van der Waals surface area (Å²) in [6.45, 7) is 8.25. The monoisotopic (exact) mass is 469 g/mol. The lowest BCUT2D eigenvalue weighted by Gasteiger charge is -2.22. The largest absolute Gasteiger partial charge is 0.492 e. The summed E-state index contributed by atoms with van der Waals surface area (Å²) in [5.74, 6) is 1.69. The number of aliphatic carboxylic acids is 1. The van der Waals surface area contributed by atoms with Gasteiger partial charge in [0.15, 0.2) is 6.10 Å². The first-order chi connectivity index (χ1) is 15.5. The van der Waals surface area contributed by atoms with Crippen LogP contribution >= 0.6 is 11.8 Å². The predicted molar refractivity (Wildman–Crippen MR) is 129 cm³/mol. The standard InChI is InChI=1S/C24H39NO6S/c1-4-7-15-31-24(28)25(14-18-32-17-8-5-2)13-16-30-21-11-9-20(10-12-21)19-22(23(26)27)29-6-3/h9-12,22H,4-8,13-19H2,1-3H3,(H,26,27). The fourth-order valence-electron chi connectivity index (χ4n) is 2.84. The van der Waals surface area contributed by atoms with Crippen molar-refractivity contribution in [3.8, 4) is 5.75 Å². The van der Waals surface area contributed by atoms with Crippen LogP contribution in [-0.2, 0) is 20.7 Å². The van der Waals surface area contributed by atoms with Crippen LogP contribution in [0.5, 0.6) is 5.75 Å².